The predicted octanol–water partition coefficient (Wildman–Crippen LogP) is 2.45. The van der Waals surface area contributed by atoms with E-state index in [1.165, 1.54) is 19.3 Å². The second-order valence-electron chi connectivity index (χ2n) is 5.02. The van der Waals surface area contributed by atoms with E-state index in [9.17, 15) is 4.79 Å². The zero-order chi connectivity index (χ0) is 10.7. The normalized spacial score (nSPS) is 30.3. The number of rotatable bonds is 2. The van der Waals surface area contributed by atoms with Crippen LogP contribution in [0.1, 0.15) is 44.9 Å². The van der Waals surface area contributed by atoms with Crippen LogP contribution in [0.25, 0.3) is 0 Å². The van der Waals surface area contributed by atoms with E-state index in [2.05, 4.69) is 0 Å². The first-order chi connectivity index (χ1) is 7.23. The monoisotopic (exact) mass is 212 g/mol. The molecule has 1 saturated carbocycles. The molecule has 86 valence electrons. The van der Waals surface area contributed by atoms with Crippen LogP contribution in [0, 0.1) is 11.3 Å². The molecule has 15 heavy (non-hydrogen) atoms. The molecule has 0 aromatic carbocycles. The summed E-state index contributed by atoms with van der Waals surface area (Å²) in [6.45, 7) is 1.66. The summed E-state index contributed by atoms with van der Waals surface area (Å²) in [5.74, 6) is -0.236. The van der Waals surface area contributed by atoms with E-state index in [1.54, 1.807) is 0 Å². The van der Waals surface area contributed by atoms with Crippen molar-refractivity contribution in [2.75, 3.05) is 13.2 Å². The van der Waals surface area contributed by atoms with Gasteiger partial charge in [-0.3, -0.25) is 4.79 Å². The summed E-state index contributed by atoms with van der Waals surface area (Å²) >= 11 is 0. The predicted molar refractivity (Wildman–Crippen MR) is 56.7 cm³/mol. The Bertz CT molecular complexity index is 223. The number of carboxylic acid groups (broad SMARTS) is 1. The van der Waals surface area contributed by atoms with Gasteiger partial charge in [0.25, 0.3) is 0 Å². The Morgan fingerprint density at radius 2 is 2.00 bits per heavy atom. The van der Waals surface area contributed by atoms with Gasteiger partial charge in [0.2, 0.25) is 0 Å². The lowest BCUT2D eigenvalue weighted by atomic mass is 9.61. The van der Waals surface area contributed by atoms with E-state index >= 15 is 0 Å². The molecule has 2 fully saturated rings. The van der Waals surface area contributed by atoms with Crippen molar-refractivity contribution in [3.63, 3.8) is 0 Å². The molecular formula is C12H20O3. The van der Waals surface area contributed by atoms with Crippen LogP contribution in [0.2, 0.25) is 0 Å². The second kappa shape index (κ2) is 4.52. The van der Waals surface area contributed by atoms with Crippen molar-refractivity contribution < 1.29 is 14.6 Å². The molecule has 1 saturated heterocycles. The number of carbonyl (C=O) groups is 1. The van der Waals surface area contributed by atoms with Crippen molar-refractivity contribution >= 4 is 5.97 Å². The van der Waals surface area contributed by atoms with Gasteiger partial charge in [0.15, 0.2) is 0 Å². The summed E-state index contributed by atoms with van der Waals surface area (Å²) < 4.78 is 5.40. The van der Waals surface area contributed by atoms with Gasteiger partial charge in [-0.15, -0.1) is 0 Å². The summed E-state index contributed by atoms with van der Waals surface area (Å²) in [6.07, 6.45) is 7.31. The van der Waals surface area contributed by atoms with Crippen LogP contribution in [0.4, 0.5) is 0 Å². The standard InChI is InChI=1S/C12H20O3/c13-11(14)9-10-3-1-2-4-12(10)5-7-15-8-6-12/h10H,1-9H2,(H,13,14). The maximum absolute atomic E-state index is 10.9. The topological polar surface area (TPSA) is 46.5 Å². The molecule has 0 aromatic rings. The number of ether oxygens (including phenoxy) is 1. The molecule has 1 aliphatic heterocycles. The van der Waals surface area contributed by atoms with Gasteiger partial charge in [0.1, 0.15) is 0 Å². The number of carboxylic acids is 1. The summed E-state index contributed by atoms with van der Waals surface area (Å²) in [6, 6.07) is 0. The van der Waals surface area contributed by atoms with Crippen LogP contribution in [-0.2, 0) is 9.53 Å². The van der Waals surface area contributed by atoms with Gasteiger partial charge >= 0.3 is 5.97 Å². The molecule has 2 rings (SSSR count). The highest BCUT2D eigenvalue weighted by atomic mass is 16.5. The fourth-order valence-electron chi connectivity index (χ4n) is 3.34. The Hall–Kier alpha value is -0.570. The van der Waals surface area contributed by atoms with E-state index in [-0.39, 0.29) is 0 Å². The van der Waals surface area contributed by atoms with Crippen LogP contribution in [0.5, 0.6) is 0 Å². The van der Waals surface area contributed by atoms with Crippen LogP contribution < -0.4 is 0 Å². The smallest absolute Gasteiger partial charge is 0.303 e. The number of hydrogen-bond acceptors (Lipinski definition) is 2. The van der Waals surface area contributed by atoms with Gasteiger partial charge in [-0.2, -0.15) is 0 Å². The number of aliphatic carboxylic acids is 1. The molecular weight excluding hydrogens is 192 g/mol. The van der Waals surface area contributed by atoms with E-state index in [4.69, 9.17) is 9.84 Å². The zero-order valence-electron chi connectivity index (χ0n) is 9.21. The molecule has 1 aliphatic carbocycles. The molecule has 1 N–H and O–H groups in total. The Morgan fingerprint density at radius 1 is 1.27 bits per heavy atom. The van der Waals surface area contributed by atoms with Crippen molar-refractivity contribution in [3.05, 3.63) is 0 Å². The van der Waals surface area contributed by atoms with Gasteiger partial charge < -0.3 is 9.84 Å². The summed E-state index contributed by atoms with van der Waals surface area (Å²) in [5.41, 5.74) is 0.300. The average Bonchev–Trinajstić information content (AvgIpc) is 2.23. The highest BCUT2D eigenvalue weighted by molar-refractivity contribution is 5.67. The Morgan fingerprint density at radius 3 is 2.67 bits per heavy atom. The maximum Gasteiger partial charge on any atom is 0.303 e. The van der Waals surface area contributed by atoms with Gasteiger partial charge in [-0.25, -0.2) is 0 Å². The van der Waals surface area contributed by atoms with Crippen LogP contribution >= 0.6 is 0 Å². The van der Waals surface area contributed by atoms with Crippen LogP contribution in [0.3, 0.4) is 0 Å². The Labute approximate surface area is 90.8 Å². The summed E-state index contributed by atoms with van der Waals surface area (Å²) in [4.78, 5) is 10.9. The zero-order valence-corrected chi connectivity index (χ0v) is 9.21. The highest BCUT2D eigenvalue weighted by Gasteiger charge is 2.42. The Kier molecular flexibility index (Phi) is 3.29. The largest absolute Gasteiger partial charge is 0.481 e. The molecule has 1 unspecified atom stereocenters. The highest BCUT2D eigenvalue weighted by Crippen LogP contribution is 2.49. The molecule has 1 spiro atoms. The SMILES string of the molecule is O=C(O)CC1CCCCC12CCOCC2. The third-order valence-corrected chi connectivity index (χ3v) is 4.25. The van der Waals surface area contributed by atoms with Gasteiger partial charge in [-0.05, 0) is 37.0 Å². The molecule has 3 heteroatoms. The fraction of sp³-hybridized carbons (Fsp3) is 0.917. The lowest BCUT2D eigenvalue weighted by Crippen LogP contribution is -2.40. The van der Waals surface area contributed by atoms with Crippen molar-refractivity contribution in [2.45, 2.75) is 44.9 Å². The minimum Gasteiger partial charge on any atom is -0.481 e. The quantitative estimate of drug-likeness (QED) is 0.764. The lowest BCUT2D eigenvalue weighted by molar-refractivity contribution is -0.141. The van der Waals surface area contributed by atoms with Crippen molar-refractivity contribution in [3.8, 4) is 0 Å². The van der Waals surface area contributed by atoms with Crippen molar-refractivity contribution in [2.24, 2.45) is 11.3 Å². The molecule has 1 atom stereocenters. The summed E-state index contributed by atoms with van der Waals surface area (Å²) in [7, 11) is 0. The molecule has 0 amide bonds. The first-order valence-corrected chi connectivity index (χ1v) is 6.02. The molecule has 2 aliphatic rings. The van der Waals surface area contributed by atoms with Crippen molar-refractivity contribution in [1.82, 2.24) is 0 Å². The molecule has 3 nitrogen and oxygen atoms in total. The third-order valence-electron chi connectivity index (χ3n) is 4.25. The van der Waals surface area contributed by atoms with E-state index in [0.717, 1.165) is 32.5 Å². The van der Waals surface area contributed by atoms with Gasteiger partial charge in [0, 0.05) is 19.6 Å². The Balaban J connectivity index is 2.06. The van der Waals surface area contributed by atoms with Gasteiger partial charge in [0.05, 0.1) is 0 Å². The minimum absolute atomic E-state index is 0.300. The first kappa shape index (κ1) is 10.9. The van der Waals surface area contributed by atoms with E-state index in [1.807, 2.05) is 0 Å². The maximum atomic E-state index is 10.9. The fourth-order valence-corrected chi connectivity index (χ4v) is 3.34. The minimum atomic E-state index is -0.632. The molecule has 0 radical (unpaired) electrons. The molecule has 0 aromatic heterocycles. The average molecular weight is 212 g/mol. The van der Waals surface area contributed by atoms with E-state index in [0.29, 0.717) is 17.8 Å². The lowest BCUT2D eigenvalue weighted by Gasteiger charge is -2.46. The molecule has 0 bridgehead atoms. The molecule has 1 heterocycles. The van der Waals surface area contributed by atoms with Crippen LogP contribution in [-0.4, -0.2) is 24.3 Å². The summed E-state index contributed by atoms with van der Waals surface area (Å²) in [5, 5.41) is 8.95. The third kappa shape index (κ3) is 2.33. The first-order valence-electron chi connectivity index (χ1n) is 6.02. The number of hydrogen-bond donors (Lipinski definition) is 1. The van der Waals surface area contributed by atoms with Gasteiger partial charge in [-0.1, -0.05) is 12.8 Å². The van der Waals surface area contributed by atoms with Crippen LogP contribution in [0.15, 0.2) is 0 Å². The second-order valence-corrected chi connectivity index (χ2v) is 5.02. The van der Waals surface area contributed by atoms with Crippen molar-refractivity contribution in [1.29, 1.82) is 0 Å². The van der Waals surface area contributed by atoms with E-state index < -0.39 is 5.97 Å².